The normalized spacial score (nSPS) is 15.4. The molecular weight excluding hydrogens is 232 g/mol. The Bertz CT molecular complexity index is 595. The number of hydrogen-bond donors (Lipinski definition) is 1. The van der Waals surface area contributed by atoms with Gasteiger partial charge < -0.3 is 14.3 Å². The second-order valence-electron chi connectivity index (χ2n) is 4.67. The molecule has 1 aromatic heterocycles. The minimum absolute atomic E-state index is 0.796. The van der Waals surface area contributed by atoms with Gasteiger partial charge in [0, 0.05) is 6.54 Å². The molecule has 2 aromatic rings. The Morgan fingerprint density at radius 3 is 3.00 bits per heavy atom. The molecule has 0 radical (unpaired) electrons. The highest BCUT2D eigenvalue weighted by Crippen LogP contribution is 2.33. The average Bonchev–Trinajstić information content (AvgIpc) is 3.10. The van der Waals surface area contributed by atoms with Crippen molar-refractivity contribution in [2.75, 3.05) is 7.11 Å². The lowest BCUT2D eigenvalue weighted by atomic mass is 10.2. The van der Waals surface area contributed by atoms with Crippen LogP contribution < -0.4 is 4.74 Å². The van der Waals surface area contributed by atoms with Gasteiger partial charge in [0.15, 0.2) is 4.77 Å². The number of rotatable bonds is 4. The van der Waals surface area contributed by atoms with Crippen LogP contribution in [-0.2, 0) is 6.54 Å². The van der Waals surface area contributed by atoms with Crippen LogP contribution in [0.2, 0.25) is 0 Å². The van der Waals surface area contributed by atoms with Crippen molar-refractivity contribution < 1.29 is 4.74 Å². The molecule has 1 aliphatic rings. The predicted octanol–water partition coefficient (Wildman–Crippen LogP) is 3.51. The molecule has 0 bridgehead atoms. The Morgan fingerprint density at radius 2 is 2.29 bits per heavy atom. The first-order valence-corrected chi connectivity index (χ1v) is 6.46. The van der Waals surface area contributed by atoms with Crippen LogP contribution in [0.25, 0.3) is 11.0 Å². The van der Waals surface area contributed by atoms with Crippen molar-refractivity contribution >= 4 is 23.3 Å². The maximum Gasteiger partial charge on any atom is 0.178 e. The van der Waals surface area contributed by atoms with Crippen molar-refractivity contribution in [1.29, 1.82) is 0 Å². The van der Waals surface area contributed by atoms with Gasteiger partial charge in [-0.3, -0.25) is 0 Å². The van der Waals surface area contributed by atoms with Gasteiger partial charge in [0.2, 0.25) is 0 Å². The lowest BCUT2D eigenvalue weighted by Crippen LogP contribution is -1.98. The molecule has 1 aromatic carbocycles. The molecule has 3 rings (SSSR count). The van der Waals surface area contributed by atoms with Gasteiger partial charge in [-0.2, -0.15) is 0 Å². The van der Waals surface area contributed by atoms with Crippen molar-refractivity contribution in [3.8, 4) is 5.75 Å². The highest BCUT2D eigenvalue weighted by Gasteiger charge is 2.21. The number of aromatic amines is 1. The molecule has 90 valence electrons. The van der Waals surface area contributed by atoms with Crippen LogP contribution in [0.5, 0.6) is 5.75 Å². The van der Waals surface area contributed by atoms with E-state index in [4.69, 9.17) is 17.0 Å². The molecule has 1 N–H and O–H groups in total. The molecule has 0 aliphatic heterocycles. The van der Waals surface area contributed by atoms with E-state index in [1.807, 2.05) is 12.1 Å². The summed E-state index contributed by atoms with van der Waals surface area (Å²) in [7, 11) is 1.69. The van der Waals surface area contributed by atoms with E-state index in [1.54, 1.807) is 7.11 Å². The summed E-state index contributed by atoms with van der Waals surface area (Å²) >= 11 is 5.38. The van der Waals surface area contributed by atoms with E-state index in [0.29, 0.717) is 0 Å². The number of hydrogen-bond acceptors (Lipinski definition) is 2. The zero-order chi connectivity index (χ0) is 11.8. The Labute approximate surface area is 105 Å². The first-order chi connectivity index (χ1) is 8.29. The Morgan fingerprint density at radius 1 is 1.47 bits per heavy atom. The van der Waals surface area contributed by atoms with E-state index >= 15 is 0 Å². The van der Waals surface area contributed by atoms with Crippen molar-refractivity contribution in [1.82, 2.24) is 9.55 Å². The fourth-order valence-corrected chi connectivity index (χ4v) is 2.56. The molecule has 0 spiro atoms. The fraction of sp³-hybridized carbons (Fsp3) is 0.462. The zero-order valence-electron chi connectivity index (χ0n) is 9.90. The van der Waals surface area contributed by atoms with Gasteiger partial charge in [-0.15, -0.1) is 0 Å². The van der Waals surface area contributed by atoms with Crippen LogP contribution in [0.4, 0.5) is 0 Å². The monoisotopic (exact) mass is 248 g/mol. The molecule has 0 atom stereocenters. The van der Waals surface area contributed by atoms with Crippen molar-refractivity contribution in [2.24, 2.45) is 5.92 Å². The maximum atomic E-state index is 5.38. The number of methoxy groups -OCH3 is 1. The van der Waals surface area contributed by atoms with Crippen LogP contribution in [0.1, 0.15) is 19.3 Å². The van der Waals surface area contributed by atoms with E-state index in [2.05, 4.69) is 15.6 Å². The first kappa shape index (κ1) is 10.8. The quantitative estimate of drug-likeness (QED) is 0.839. The average molecular weight is 248 g/mol. The highest BCUT2D eigenvalue weighted by molar-refractivity contribution is 7.71. The number of nitrogens with zero attached hydrogens (tertiary/aromatic N) is 1. The van der Waals surface area contributed by atoms with Crippen LogP contribution in [0.3, 0.4) is 0 Å². The van der Waals surface area contributed by atoms with Gasteiger partial charge >= 0.3 is 0 Å². The fourth-order valence-electron chi connectivity index (χ4n) is 2.26. The molecule has 1 heterocycles. The van der Waals surface area contributed by atoms with E-state index in [-0.39, 0.29) is 0 Å². The van der Waals surface area contributed by atoms with E-state index in [9.17, 15) is 0 Å². The summed E-state index contributed by atoms with van der Waals surface area (Å²) in [6.07, 6.45) is 4.01. The number of ether oxygens (including phenoxy) is 1. The summed E-state index contributed by atoms with van der Waals surface area (Å²) in [5.41, 5.74) is 2.16. The Hall–Kier alpha value is -1.29. The third-order valence-corrected chi connectivity index (χ3v) is 3.77. The number of H-pyrrole nitrogens is 1. The summed E-state index contributed by atoms with van der Waals surface area (Å²) in [5, 5.41) is 0. The van der Waals surface area contributed by atoms with Crippen LogP contribution in [0, 0.1) is 10.7 Å². The minimum Gasteiger partial charge on any atom is -0.494 e. The van der Waals surface area contributed by atoms with Crippen LogP contribution in [-0.4, -0.2) is 16.7 Å². The van der Waals surface area contributed by atoms with Gasteiger partial charge in [-0.1, -0.05) is 18.9 Å². The van der Waals surface area contributed by atoms with Gasteiger partial charge in [0.25, 0.3) is 0 Å². The van der Waals surface area contributed by atoms with Crippen molar-refractivity contribution in [2.45, 2.75) is 25.8 Å². The minimum atomic E-state index is 0.796. The number of aromatic nitrogens is 2. The van der Waals surface area contributed by atoms with Gasteiger partial charge in [0.1, 0.15) is 11.3 Å². The smallest absolute Gasteiger partial charge is 0.178 e. The summed E-state index contributed by atoms with van der Waals surface area (Å²) < 4.78 is 8.33. The SMILES string of the molecule is COc1cccc2c1[nH]c(=S)n2CCC1CC1. The summed E-state index contributed by atoms with van der Waals surface area (Å²) in [5.74, 6) is 1.78. The summed E-state index contributed by atoms with van der Waals surface area (Å²) in [4.78, 5) is 3.24. The molecule has 0 unspecified atom stereocenters. The third kappa shape index (κ3) is 1.97. The number of imidazole rings is 1. The standard InChI is InChI=1S/C13H16N2OS/c1-16-11-4-2-3-10-12(11)14-13(17)15(10)8-7-9-5-6-9/h2-4,9H,5-8H2,1H3,(H,14,17). The number of aryl methyl sites for hydroxylation is 1. The first-order valence-electron chi connectivity index (χ1n) is 6.05. The van der Waals surface area contributed by atoms with Crippen molar-refractivity contribution in [3.05, 3.63) is 23.0 Å². The lowest BCUT2D eigenvalue weighted by molar-refractivity contribution is 0.419. The number of nitrogens with one attached hydrogen (secondary N) is 1. The largest absolute Gasteiger partial charge is 0.494 e. The molecule has 0 amide bonds. The zero-order valence-corrected chi connectivity index (χ0v) is 10.7. The number of benzene rings is 1. The number of para-hydroxylation sites is 1. The Balaban J connectivity index is 2.03. The molecule has 4 heteroatoms. The van der Waals surface area contributed by atoms with Gasteiger partial charge in [-0.25, -0.2) is 0 Å². The summed E-state index contributed by atoms with van der Waals surface area (Å²) in [6.45, 7) is 1.01. The lowest BCUT2D eigenvalue weighted by Gasteiger charge is -2.04. The second-order valence-corrected chi connectivity index (χ2v) is 5.05. The highest BCUT2D eigenvalue weighted by atomic mass is 32.1. The van der Waals surface area contributed by atoms with Crippen molar-refractivity contribution in [3.63, 3.8) is 0 Å². The molecule has 3 nitrogen and oxygen atoms in total. The third-order valence-electron chi connectivity index (χ3n) is 3.45. The molecule has 0 saturated heterocycles. The molecule has 1 fully saturated rings. The van der Waals surface area contributed by atoms with E-state index < -0.39 is 0 Å². The topological polar surface area (TPSA) is 29.9 Å². The Kier molecular flexibility index (Phi) is 2.67. The molecule has 1 saturated carbocycles. The van der Waals surface area contributed by atoms with Gasteiger partial charge in [-0.05, 0) is 36.7 Å². The second kappa shape index (κ2) is 4.18. The van der Waals surface area contributed by atoms with Gasteiger partial charge in [0.05, 0.1) is 12.6 Å². The number of fused-ring (bicyclic) bond motifs is 1. The molecule has 1 aliphatic carbocycles. The van der Waals surface area contributed by atoms with Crippen LogP contribution in [0.15, 0.2) is 18.2 Å². The predicted molar refractivity (Wildman–Crippen MR) is 71.0 cm³/mol. The maximum absolute atomic E-state index is 5.38. The van der Waals surface area contributed by atoms with E-state index in [0.717, 1.165) is 34.0 Å². The van der Waals surface area contributed by atoms with E-state index in [1.165, 1.54) is 19.3 Å². The molecular formula is C13H16N2OS. The summed E-state index contributed by atoms with van der Waals surface area (Å²) in [6, 6.07) is 6.06. The van der Waals surface area contributed by atoms with Crippen LogP contribution >= 0.6 is 12.2 Å². The molecule has 17 heavy (non-hydrogen) atoms.